The number of rotatable bonds is 2. The van der Waals surface area contributed by atoms with Gasteiger partial charge in [0.2, 0.25) is 0 Å². The first kappa shape index (κ1) is 12.1. The molecule has 0 bridgehead atoms. The predicted molar refractivity (Wildman–Crippen MR) is 77.6 cm³/mol. The molecule has 3 heteroatoms. The van der Waals surface area contributed by atoms with Crippen molar-refractivity contribution < 1.29 is 4.21 Å². The number of hydrogen-bond donors (Lipinski definition) is 0. The third kappa shape index (κ3) is 2.29. The average molecular weight is 267 g/mol. The first-order chi connectivity index (χ1) is 9.25. The van der Waals surface area contributed by atoms with Gasteiger partial charge in [-0.25, -0.2) is 9.19 Å². The summed E-state index contributed by atoms with van der Waals surface area (Å²) < 4.78 is 12.6. The SMILES string of the molecule is Cc1ccc([S@@](=O)c2nccc3ccccc23)cc1. The molecule has 2 nitrogen and oxygen atoms in total. The zero-order valence-corrected chi connectivity index (χ0v) is 11.4. The van der Waals surface area contributed by atoms with Crippen molar-refractivity contribution in [3.8, 4) is 0 Å². The van der Waals surface area contributed by atoms with Crippen molar-refractivity contribution in [2.24, 2.45) is 0 Å². The molecule has 0 spiro atoms. The van der Waals surface area contributed by atoms with E-state index < -0.39 is 10.8 Å². The predicted octanol–water partition coefficient (Wildman–Crippen LogP) is 3.71. The monoisotopic (exact) mass is 267 g/mol. The summed E-state index contributed by atoms with van der Waals surface area (Å²) in [4.78, 5) is 5.09. The van der Waals surface area contributed by atoms with Crippen molar-refractivity contribution in [2.75, 3.05) is 0 Å². The maximum Gasteiger partial charge on any atom is 0.139 e. The van der Waals surface area contributed by atoms with Crippen LogP contribution in [-0.2, 0) is 10.8 Å². The molecule has 0 aliphatic carbocycles. The molecule has 0 aliphatic heterocycles. The first-order valence-corrected chi connectivity index (χ1v) is 7.23. The van der Waals surface area contributed by atoms with Crippen LogP contribution in [0.3, 0.4) is 0 Å². The van der Waals surface area contributed by atoms with E-state index in [2.05, 4.69) is 4.98 Å². The maximum absolute atomic E-state index is 12.6. The van der Waals surface area contributed by atoms with Crippen molar-refractivity contribution >= 4 is 21.6 Å². The molecule has 0 unspecified atom stereocenters. The summed E-state index contributed by atoms with van der Waals surface area (Å²) in [5.74, 6) is 0. The fourth-order valence-corrected chi connectivity index (χ4v) is 3.16. The molecule has 0 amide bonds. The molecule has 0 aliphatic rings. The Bertz CT molecular complexity index is 745. The Balaban J connectivity index is 2.14. The van der Waals surface area contributed by atoms with Gasteiger partial charge in [-0.2, -0.15) is 0 Å². The van der Waals surface area contributed by atoms with Gasteiger partial charge < -0.3 is 0 Å². The Morgan fingerprint density at radius 2 is 1.68 bits per heavy atom. The number of pyridine rings is 1. The van der Waals surface area contributed by atoms with Crippen molar-refractivity contribution in [1.29, 1.82) is 0 Å². The number of fused-ring (bicyclic) bond motifs is 1. The van der Waals surface area contributed by atoms with E-state index in [0.29, 0.717) is 5.03 Å². The van der Waals surface area contributed by atoms with E-state index in [4.69, 9.17) is 0 Å². The van der Waals surface area contributed by atoms with Gasteiger partial charge in [0.15, 0.2) is 0 Å². The van der Waals surface area contributed by atoms with Gasteiger partial charge in [-0.3, -0.25) is 0 Å². The Kier molecular flexibility index (Phi) is 3.13. The molecular formula is C16H13NOS. The molecule has 94 valence electrons. The summed E-state index contributed by atoms with van der Waals surface area (Å²) in [5.41, 5.74) is 1.16. The minimum atomic E-state index is -1.24. The molecule has 0 fully saturated rings. The fraction of sp³-hybridized carbons (Fsp3) is 0.0625. The van der Waals surface area contributed by atoms with Crippen molar-refractivity contribution in [3.05, 3.63) is 66.4 Å². The summed E-state index contributed by atoms with van der Waals surface area (Å²) >= 11 is 0. The highest BCUT2D eigenvalue weighted by Crippen LogP contribution is 2.23. The average Bonchev–Trinajstić information content (AvgIpc) is 2.47. The smallest absolute Gasteiger partial charge is 0.139 e. The van der Waals surface area contributed by atoms with Gasteiger partial charge in [0, 0.05) is 16.5 Å². The summed E-state index contributed by atoms with van der Waals surface area (Å²) in [6.07, 6.45) is 1.71. The molecular weight excluding hydrogens is 254 g/mol. The molecule has 0 radical (unpaired) electrons. The van der Waals surface area contributed by atoms with Crippen LogP contribution in [0.25, 0.3) is 10.8 Å². The lowest BCUT2D eigenvalue weighted by molar-refractivity contribution is 0.681. The van der Waals surface area contributed by atoms with Gasteiger partial charge >= 0.3 is 0 Å². The van der Waals surface area contributed by atoms with Crippen molar-refractivity contribution in [2.45, 2.75) is 16.8 Å². The molecule has 19 heavy (non-hydrogen) atoms. The summed E-state index contributed by atoms with van der Waals surface area (Å²) in [6.45, 7) is 2.02. The van der Waals surface area contributed by atoms with Crippen LogP contribution in [0.2, 0.25) is 0 Å². The van der Waals surface area contributed by atoms with Crippen LogP contribution < -0.4 is 0 Å². The van der Waals surface area contributed by atoms with Crippen LogP contribution in [0.1, 0.15) is 5.56 Å². The van der Waals surface area contributed by atoms with Crippen LogP contribution in [0.15, 0.2) is 70.7 Å². The molecule has 0 saturated carbocycles. The van der Waals surface area contributed by atoms with Crippen LogP contribution in [0.5, 0.6) is 0 Å². The Morgan fingerprint density at radius 1 is 0.947 bits per heavy atom. The van der Waals surface area contributed by atoms with Crippen LogP contribution in [0, 0.1) is 6.92 Å². The Morgan fingerprint density at radius 3 is 2.47 bits per heavy atom. The van der Waals surface area contributed by atoms with Crippen LogP contribution >= 0.6 is 0 Å². The number of hydrogen-bond acceptors (Lipinski definition) is 2. The number of aromatic nitrogens is 1. The van der Waals surface area contributed by atoms with Gasteiger partial charge in [0.05, 0.1) is 0 Å². The number of benzene rings is 2. The minimum absolute atomic E-state index is 0.627. The van der Waals surface area contributed by atoms with E-state index in [0.717, 1.165) is 21.2 Å². The van der Waals surface area contributed by atoms with E-state index in [-0.39, 0.29) is 0 Å². The zero-order chi connectivity index (χ0) is 13.2. The maximum atomic E-state index is 12.6. The van der Waals surface area contributed by atoms with Gasteiger partial charge in [-0.15, -0.1) is 0 Å². The fourth-order valence-electron chi connectivity index (χ4n) is 2.01. The van der Waals surface area contributed by atoms with Gasteiger partial charge in [0.1, 0.15) is 15.8 Å². The molecule has 3 rings (SSSR count). The second-order valence-corrected chi connectivity index (χ2v) is 5.81. The summed E-state index contributed by atoms with van der Waals surface area (Å²) in [7, 11) is -1.24. The normalized spacial score (nSPS) is 12.5. The molecule has 0 N–H and O–H groups in total. The lowest BCUT2D eigenvalue weighted by Crippen LogP contribution is -1.97. The van der Waals surface area contributed by atoms with Gasteiger partial charge in [0.25, 0.3) is 0 Å². The van der Waals surface area contributed by atoms with Crippen molar-refractivity contribution in [3.63, 3.8) is 0 Å². The first-order valence-electron chi connectivity index (χ1n) is 6.08. The summed E-state index contributed by atoms with van der Waals surface area (Å²) in [6, 6.07) is 17.6. The lowest BCUT2D eigenvalue weighted by Gasteiger charge is -2.05. The third-order valence-electron chi connectivity index (χ3n) is 3.05. The Hall–Kier alpha value is -2.00. The lowest BCUT2D eigenvalue weighted by atomic mass is 10.2. The van der Waals surface area contributed by atoms with Crippen LogP contribution in [-0.4, -0.2) is 9.19 Å². The second-order valence-electron chi connectivity index (χ2n) is 4.42. The highest BCUT2D eigenvalue weighted by atomic mass is 32.2. The van der Waals surface area contributed by atoms with Crippen molar-refractivity contribution in [1.82, 2.24) is 4.98 Å². The highest BCUT2D eigenvalue weighted by Gasteiger charge is 2.11. The number of aryl methyl sites for hydroxylation is 1. The molecule has 0 saturated heterocycles. The third-order valence-corrected chi connectivity index (χ3v) is 4.42. The summed E-state index contributed by atoms with van der Waals surface area (Å²) in [5, 5.41) is 2.64. The van der Waals surface area contributed by atoms with E-state index in [1.807, 2.05) is 61.5 Å². The van der Waals surface area contributed by atoms with Crippen LogP contribution in [0.4, 0.5) is 0 Å². The van der Waals surface area contributed by atoms with E-state index in [1.165, 1.54) is 0 Å². The minimum Gasteiger partial charge on any atom is -0.247 e. The topological polar surface area (TPSA) is 30.0 Å². The van der Waals surface area contributed by atoms with Gasteiger partial charge in [-0.1, -0.05) is 42.0 Å². The largest absolute Gasteiger partial charge is 0.247 e. The van der Waals surface area contributed by atoms with E-state index in [9.17, 15) is 4.21 Å². The highest BCUT2D eigenvalue weighted by molar-refractivity contribution is 7.85. The van der Waals surface area contributed by atoms with Gasteiger partial charge in [-0.05, 0) is 30.5 Å². The molecule has 1 atom stereocenters. The molecule has 3 aromatic rings. The quantitative estimate of drug-likeness (QED) is 0.708. The standard InChI is InChI=1S/C16H13NOS/c1-12-6-8-14(9-7-12)19(18)16-15-5-3-2-4-13(15)10-11-17-16/h2-11H,1H3/t19-/m1/s1. The molecule has 2 aromatic carbocycles. The Labute approximate surface area is 114 Å². The van der Waals surface area contributed by atoms with E-state index in [1.54, 1.807) is 6.20 Å². The molecule has 1 heterocycles. The number of nitrogens with zero attached hydrogens (tertiary/aromatic N) is 1. The molecule has 1 aromatic heterocycles. The zero-order valence-electron chi connectivity index (χ0n) is 10.5. The second kappa shape index (κ2) is 4.94. The van der Waals surface area contributed by atoms with E-state index >= 15 is 0 Å².